The molecule has 2 saturated carbocycles. The van der Waals surface area contributed by atoms with Crippen molar-refractivity contribution in [2.75, 3.05) is 7.11 Å². The highest BCUT2D eigenvalue weighted by atomic mass is 16.5. The molecule has 6 aliphatic rings. The molecule has 0 bridgehead atoms. The summed E-state index contributed by atoms with van der Waals surface area (Å²) in [5, 5.41) is 10.0. The van der Waals surface area contributed by atoms with Gasteiger partial charge in [0.25, 0.3) is 0 Å². The Kier molecular flexibility index (Phi) is 10.1. The summed E-state index contributed by atoms with van der Waals surface area (Å²) >= 11 is 0. The van der Waals surface area contributed by atoms with Crippen LogP contribution in [0.1, 0.15) is 119 Å². The molecule has 0 saturated heterocycles. The van der Waals surface area contributed by atoms with Gasteiger partial charge in [0.1, 0.15) is 24.1 Å². The number of esters is 1. The first-order valence-electron chi connectivity index (χ1n) is 18.2. The summed E-state index contributed by atoms with van der Waals surface area (Å²) in [5.74, 6) is -0.146. The molecule has 0 spiro atoms. The van der Waals surface area contributed by atoms with Crippen LogP contribution in [0.25, 0.3) is 0 Å². The third-order valence-corrected chi connectivity index (χ3v) is 13.7. The second kappa shape index (κ2) is 13.4. The summed E-state index contributed by atoms with van der Waals surface area (Å²) in [5.41, 5.74) is 3.40. The maximum Gasteiger partial charge on any atom is 0.315 e. The number of carbonyl (C=O) groups excluding carboxylic acids is 5. The van der Waals surface area contributed by atoms with E-state index in [0.29, 0.717) is 62.0 Å². The molecule has 6 aliphatic carbocycles. The SMILES string of the molecule is CC(C)C1=C2[C@H]3CC=C(C=O)CC(=O)[C@]3(C)CC[C@@]2(C(=O)O)CC1.COC(=O)[C@]12CCC(C(C)C)=C1[C@H]1CC=C(C=O)CC(=O)[C@]1(C)CC2. The van der Waals surface area contributed by atoms with Gasteiger partial charge in [0.15, 0.2) is 0 Å². The van der Waals surface area contributed by atoms with Crippen LogP contribution in [0.2, 0.25) is 0 Å². The Morgan fingerprint density at radius 2 is 1.14 bits per heavy atom. The standard InChI is InChI=1S/C21H28O4.C20H26O4/c1-13(2)15-7-8-21(19(24)25-4)10-9-20(3)16(18(15)21)6-5-14(12-22)11-17(20)23;1-12(2)14-6-7-20(18(23)24)9-8-19(3)15(17(14)20)5-4-13(11-21)10-16(19)22/h5,12-13,16H,6-11H2,1-4H3;4,11-12,15H,5-10H2,1-3H3,(H,23,24)/t16-,20-,21+;15-,19-,20+/m11/s1. The van der Waals surface area contributed by atoms with Crippen molar-refractivity contribution < 1.29 is 38.6 Å². The number of Topliss-reactive ketones (excluding diaryl/α,β-unsaturated/α-hetero) is 2. The number of hydrogen-bond acceptors (Lipinski definition) is 7. The number of ketones is 2. The van der Waals surface area contributed by atoms with E-state index >= 15 is 0 Å². The highest BCUT2D eigenvalue weighted by Gasteiger charge is 2.61. The van der Waals surface area contributed by atoms with Gasteiger partial charge in [0.2, 0.25) is 0 Å². The summed E-state index contributed by atoms with van der Waals surface area (Å²) < 4.78 is 5.21. The molecule has 6 atom stereocenters. The molecule has 0 radical (unpaired) electrons. The Morgan fingerprint density at radius 3 is 1.53 bits per heavy atom. The number of fused-ring (bicyclic) bond motifs is 6. The summed E-state index contributed by atoms with van der Waals surface area (Å²) in [6.45, 7) is 12.6. The number of carboxylic acid groups (broad SMARTS) is 1. The lowest BCUT2D eigenvalue weighted by molar-refractivity contribution is -0.155. The van der Waals surface area contributed by atoms with Gasteiger partial charge < -0.3 is 9.84 Å². The number of aldehydes is 2. The van der Waals surface area contributed by atoms with Gasteiger partial charge in [-0.05, 0) is 110 Å². The quantitative estimate of drug-likeness (QED) is 0.174. The third kappa shape index (κ3) is 5.75. The van der Waals surface area contributed by atoms with Crippen molar-refractivity contribution in [1.82, 2.24) is 0 Å². The van der Waals surface area contributed by atoms with Crippen molar-refractivity contribution in [3.8, 4) is 0 Å². The fourth-order valence-electron chi connectivity index (χ4n) is 10.5. The number of hydrogen-bond donors (Lipinski definition) is 1. The smallest absolute Gasteiger partial charge is 0.315 e. The normalized spacial score (nSPS) is 35.5. The van der Waals surface area contributed by atoms with Crippen LogP contribution in [0.15, 0.2) is 45.6 Å². The minimum absolute atomic E-state index is 0.00907. The van der Waals surface area contributed by atoms with Gasteiger partial charge >= 0.3 is 11.9 Å². The Balaban J connectivity index is 0.000000191. The molecule has 0 amide bonds. The fourth-order valence-corrected chi connectivity index (χ4v) is 10.5. The molecule has 0 aromatic carbocycles. The number of carbonyl (C=O) groups is 6. The minimum atomic E-state index is -0.802. The van der Waals surface area contributed by atoms with E-state index in [1.807, 2.05) is 26.0 Å². The molecule has 0 aromatic heterocycles. The van der Waals surface area contributed by atoms with Crippen LogP contribution in [0.4, 0.5) is 0 Å². The molecule has 266 valence electrons. The van der Waals surface area contributed by atoms with Crippen molar-refractivity contribution in [2.24, 2.45) is 45.3 Å². The van der Waals surface area contributed by atoms with Crippen LogP contribution < -0.4 is 0 Å². The minimum Gasteiger partial charge on any atom is -0.481 e. The molecule has 6 rings (SSSR count). The van der Waals surface area contributed by atoms with Gasteiger partial charge in [-0.1, -0.05) is 64.8 Å². The molecule has 49 heavy (non-hydrogen) atoms. The zero-order chi connectivity index (χ0) is 36.1. The van der Waals surface area contributed by atoms with Gasteiger partial charge in [-0.15, -0.1) is 0 Å². The molecule has 8 heteroatoms. The number of carboxylic acids is 1. The Labute approximate surface area is 290 Å². The molecular weight excluding hydrogens is 620 g/mol. The van der Waals surface area contributed by atoms with Crippen molar-refractivity contribution >= 4 is 36.1 Å². The highest BCUT2D eigenvalue weighted by Crippen LogP contribution is 2.64. The van der Waals surface area contributed by atoms with E-state index in [9.17, 15) is 33.9 Å². The predicted molar refractivity (Wildman–Crippen MR) is 185 cm³/mol. The van der Waals surface area contributed by atoms with E-state index in [4.69, 9.17) is 4.74 Å². The van der Waals surface area contributed by atoms with Crippen molar-refractivity contribution in [3.05, 3.63) is 45.6 Å². The predicted octanol–water partition coefficient (Wildman–Crippen LogP) is 7.51. The molecule has 8 nitrogen and oxygen atoms in total. The van der Waals surface area contributed by atoms with Crippen LogP contribution in [0.3, 0.4) is 0 Å². The van der Waals surface area contributed by atoms with E-state index in [0.717, 1.165) is 43.0 Å². The van der Waals surface area contributed by atoms with Gasteiger partial charge in [-0.25, -0.2) is 0 Å². The number of rotatable bonds is 6. The molecule has 0 unspecified atom stereocenters. The first-order chi connectivity index (χ1) is 23.1. The maximum absolute atomic E-state index is 13.0. The van der Waals surface area contributed by atoms with Crippen LogP contribution in [0.5, 0.6) is 0 Å². The van der Waals surface area contributed by atoms with Crippen LogP contribution in [-0.2, 0) is 33.5 Å². The average molecular weight is 675 g/mol. The highest BCUT2D eigenvalue weighted by molar-refractivity contribution is 5.95. The van der Waals surface area contributed by atoms with E-state index in [2.05, 4.69) is 27.7 Å². The first kappa shape index (κ1) is 36.9. The lowest BCUT2D eigenvalue weighted by Gasteiger charge is -2.48. The van der Waals surface area contributed by atoms with Gasteiger partial charge in [0, 0.05) is 23.7 Å². The molecule has 2 fully saturated rings. The monoisotopic (exact) mass is 674 g/mol. The van der Waals surface area contributed by atoms with Crippen molar-refractivity contribution in [2.45, 2.75) is 119 Å². The molecule has 1 N–H and O–H groups in total. The van der Waals surface area contributed by atoms with E-state index < -0.39 is 27.6 Å². The van der Waals surface area contributed by atoms with E-state index in [1.165, 1.54) is 18.3 Å². The lowest BCUT2D eigenvalue weighted by Crippen LogP contribution is -2.48. The Bertz CT molecular complexity index is 1590. The van der Waals surface area contributed by atoms with E-state index in [1.54, 1.807) is 0 Å². The fraction of sp³-hybridized carbons (Fsp3) is 0.659. The van der Waals surface area contributed by atoms with Crippen molar-refractivity contribution in [1.29, 1.82) is 0 Å². The maximum atomic E-state index is 13.0. The molecule has 0 heterocycles. The summed E-state index contributed by atoms with van der Waals surface area (Å²) in [7, 11) is 1.46. The summed E-state index contributed by atoms with van der Waals surface area (Å²) in [6.07, 6.45) is 12.6. The topological polar surface area (TPSA) is 132 Å². The molecule has 0 aromatic rings. The van der Waals surface area contributed by atoms with Gasteiger partial charge in [0.05, 0.1) is 17.9 Å². The van der Waals surface area contributed by atoms with Gasteiger partial charge in [-0.3, -0.25) is 28.8 Å². The number of methoxy groups -OCH3 is 1. The van der Waals surface area contributed by atoms with Crippen LogP contribution >= 0.6 is 0 Å². The number of ether oxygens (including phenoxy) is 1. The zero-order valence-electron chi connectivity index (χ0n) is 30.4. The average Bonchev–Trinajstić information content (AvgIpc) is 3.60. The first-order valence-corrected chi connectivity index (χ1v) is 18.2. The number of aliphatic carboxylic acids is 1. The Morgan fingerprint density at radius 1 is 0.735 bits per heavy atom. The number of allylic oxidation sites excluding steroid dienone is 6. The van der Waals surface area contributed by atoms with E-state index in [-0.39, 0.29) is 48.1 Å². The van der Waals surface area contributed by atoms with Crippen molar-refractivity contribution in [3.63, 3.8) is 0 Å². The summed E-state index contributed by atoms with van der Waals surface area (Å²) in [4.78, 5) is 73.4. The second-order valence-electron chi connectivity index (χ2n) is 16.6. The third-order valence-electron chi connectivity index (χ3n) is 13.7. The van der Waals surface area contributed by atoms with Crippen LogP contribution in [-0.4, -0.2) is 48.3 Å². The van der Waals surface area contributed by atoms with Gasteiger partial charge in [-0.2, -0.15) is 0 Å². The molecular formula is C41H54O8. The summed E-state index contributed by atoms with van der Waals surface area (Å²) in [6, 6.07) is 0. The largest absolute Gasteiger partial charge is 0.481 e. The van der Waals surface area contributed by atoms with Crippen LogP contribution in [0, 0.1) is 45.3 Å². The molecule has 0 aliphatic heterocycles. The lowest BCUT2D eigenvalue weighted by atomic mass is 9.54. The Hall–Kier alpha value is -3.42. The second-order valence-corrected chi connectivity index (χ2v) is 16.6. The zero-order valence-corrected chi connectivity index (χ0v) is 30.4.